The first-order chi connectivity index (χ1) is 3.72. The Hall–Kier alpha value is -0.640. The van der Waals surface area contributed by atoms with Crippen LogP contribution < -0.4 is 0 Å². The lowest BCUT2D eigenvalue weighted by Crippen LogP contribution is -1.90. The summed E-state index contributed by atoms with van der Waals surface area (Å²) in [6, 6.07) is 0. The van der Waals surface area contributed by atoms with Gasteiger partial charge in [0, 0.05) is 0 Å². The zero-order chi connectivity index (χ0) is 6.15. The molecule has 0 radical (unpaired) electrons. The van der Waals surface area contributed by atoms with Crippen LogP contribution in [0.15, 0.2) is 11.5 Å². The van der Waals surface area contributed by atoms with E-state index in [0.29, 0.717) is 0 Å². The molecular weight excluding hydrogens is 128 g/mol. The van der Waals surface area contributed by atoms with Crippen LogP contribution in [-0.2, 0) is 4.79 Å². The Morgan fingerprint density at radius 3 is 2.25 bits per heavy atom. The van der Waals surface area contributed by atoms with Gasteiger partial charge in [-0.2, -0.15) is 0 Å². The Morgan fingerprint density at radius 1 is 1.50 bits per heavy atom. The number of thioether (sulfide) groups is 1. The van der Waals surface area contributed by atoms with Gasteiger partial charge in [0.1, 0.15) is 5.76 Å². The fourth-order valence-corrected chi connectivity index (χ4v) is 1.05. The van der Waals surface area contributed by atoms with Crippen LogP contribution in [0.25, 0.3) is 0 Å². The third-order valence-electron chi connectivity index (χ3n) is 0.807. The van der Waals surface area contributed by atoms with Gasteiger partial charge in [-0.3, -0.25) is 4.79 Å². The van der Waals surface area contributed by atoms with Crippen molar-refractivity contribution >= 4 is 16.9 Å². The van der Waals surface area contributed by atoms with Gasteiger partial charge in [-0.05, 0) is 0 Å². The minimum absolute atomic E-state index is 0.208. The monoisotopic (exact) mass is 132 g/mol. The molecule has 0 unspecified atom stereocenters. The van der Waals surface area contributed by atoms with E-state index in [-0.39, 0.29) is 11.5 Å². The molecule has 0 aromatic rings. The van der Waals surface area contributed by atoms with Crippen LogP contribution in [0.1, 0.15) is 0 Å². The zero-order valence-corrected chi connectivity index (χ0v) is 4.73. The van der Waals surface area contributed by atoms with E-state index in [1.807, 2.05) is 0 Å². The van der Waals surface area contributed by atoms with E-state index < -0.39 is 10.9 Å². The Kier molecular flexibility index (Phi) is 1.17. The van der Waals surface area contributed by atoms with Gasteiger partial charge in [-0.15, -0.1) is 0 Å². The number of carbonyl (C=O) groups excluding carboxylic acids is 1. The minimum atomic E-state index is -0.491. The molecule has 0 bridgehead atoms. The van der Waals surface area contributed by atoms with Crippen molar-refractivity contribution in [2.24, 2.45) is 0 Å². The summed E-state index contributed by atoms with van der Waals surface area (Å²) in [5.41, 5.74) is 0. The second-order valence-corrected chi connectivity index (χ2v) is 2.32. The molecule has 0 saturated carbocycles. The van der Waals surface area contributed by atoms with Gasteiger partial charge >= 0.3 is 0 Å². The summed E-state index contributed by atoms with van der Waals surface area (Å²) in [6.45, 7) is 0. The van der Waals surface area contributed by atoms with Crippen molar-refractivity contribution in [2.45, 2.75) is 0 Å². The smallest absolute Gasteiger partial charge is 0.257 e. The molecule has 2 N–H and O–H groups in total. The van der Waals surface area contributed by atoms with E-state index in [1.54, 1.807) is 0 Å². The highest BCUT2D eigenvalue weighted by atomic mass is 32.2. The first-order valence-corrected chi connectivity index (χ1v) is 2.98. The SMILES string of the molecule is O=C1SCC(O)=C1O. The normalized spacial score (nSPS) is 20.2. The van der Waals surface area contributed by atoms with Gasteiger partial charge < -0.3 is 10.2 Å². The van der Waals surface area contributed by atoms with E-state index in [4.69, 9.17) is 10.2 Å². The summed E-state index contributed by atoms with van der Waals surface area (Å²) >= 11 is 0.900. The summed E-state index contributed by atoms with van der Waals surface area (Å²) in [5.74, 6) is -0.486. The number of hydrogen-bond donors (Lipinski definition) is 2. The number of hydrogen-bond acceptors (Lipinski definition) is 4. The van der Waals surface area contributed by atoms with E-state index in [1.165, 1.54) is 0 Å². The molecule has 3 nitrogen and oxygen atoms in total. The minimum Gasteiger partial charge on any atom is -0.507 e. The van der Waals surface area contributed by atoms with Crippen molar-refractivity contribution in [3.05, 3.63) is 11.5 Å². The molecule has 1 aliphatic rings. The Morgan fingerprint density at radius 2 is 2.12 bits per heavy atom. The van der Waals surface area contributed by atoms with Gasteiger partial charge in [0.25, 0.3) is 5.12 Å². The maximum atomic E-state index is 10.3. The maximum Gasteiger partial charge on any atom is 0.257 e. The van der Waals surface area contributed by atoms with Crippen molar-refractivity contribution in [2.75, 3.05) is 5.75 Å². The van der Waals surface area contributed by atoms with Gasteiger partial charge in [0.2, 0.25) is 5.76 Å². The molecule has 8 heavy (non-hydrogen) atoms. The topological polar surface area (TPSA) is 57.5 Å². The highest BCUT2D eigenvalue weighted by Gasteiger charge is 2.21. The Balaban J connectivity index is 2.86. The van der Waals surface area contributed by atoms with Crippen molar-refractivity contribution in [1.29, 1.82) is 0 Å². The van der Waals surface area contributed by atoms with Gasteiger partial charge in [0.15, 0.2) is 0 Å². The lowest BCUT2D eigenvalue weighted by atomic mass is 10.5. The molecule has 0 atom stereocenters. The van der Waals surface area contributed by atoms with Crippen molar-refractivity contribution < 1.29 is 15.0 Å². The molecule has 0 aromatic carbocycles. The summed E-state index contributed by atoms with van der Waals surface area (Å²) in [4.78, 5) is 10.3. The lowest BCUT2D eigenvalue weighted by Gasteiger charge is -1.83. The van der Waals surface area contributed by atoms with Crippen LogP contribution in [0.2, 0.25) is 0 Å². The third-order valence-corrected chi connectivity index (χ3v) is 1.68. The first-order valence-electron chi connectivity index (χ1n) is 2.00. The third kappa shape index (κ3) is 0.667. The van der Waals surface area contributed by atoms with Crippen LogP contribution >= 0.6 is 11.8 Å². The fourth-order valence-electron chi connectivity index (χ4n) is 0.388. The van der Waals surface area contributed by atoms with E-state index in [9.17, 15) is 4.79 Å². The molecule has 0 amide bonds. The number of aliphatic hydroxyl groups excluding tert-OH is 2. The number of carbonyl (C=O) groups is 1. The highest BCUT2D eigenvalue weighted by Crippen LogP contribution is 2.21. The van der Waals surface area contributed by atoms with Gasteiger partial charge in [-0.25, -0.2) is 0 Å². The van der Waals surface area contributed by atoms with E-state index in [2.05, 4.69) is 0 Å². The molecular formula is C4H4O3S. The predicted octanol–water partition coefficient (Wildman–Crippen LogP) is 0.587. The molecule has 0 aliphatic carbocycles. The maximum absolute atomic E-state index is 10.3. The molecule has 0 saturated heterocycles. The molecule has 1 heterocycles. The first kappa shape index (κ1) is 5.50. The summed E-state index contributed by atoms with van der Waals surface area (Å²) < 4.78 is 0. The Labute approximate surface area is 50.0 Å². The molecule has 0 fully saturated rings. The van der Waals surface area contributed by atoms with E-state index in [0.717, 1.165) is 11.8 Å². The van der Waals surface area contributed by atoms with Crippen LogP contribution in [-0.4, -0.2) is 21.1 Å². The van der Waals surface area contributed by atoms with Crippen molar-refractivity contribution in [3.8, 4) is 0 Å². The van der Waals surface area contributed by atoms with Crippen LogP contribution in [0, 0.1) is 0 Å². The summed E-state index contributed by atoms with van der Waals surface area (Å²) in [7, 11) is 0. The molecule has 1 aliphatic heterocycles. The zero-order valence-electron chi connectivity index (χ0n) is 3.92. The van der Waals surface area contributed by atoms with E-state index >= 15 is 0 Å². The van der Waals surface area contributed by atoms with Crippen LogP contribution in [0.3, 0.4) is 0 Å². The second kappa shape index (κ2) is 1.70. The van der Waals surface area contributed by atoms with Gasteiger partial charge in [-0.1, -0.05) is 11.8 Å². The standard InChI is InChI=1S/C4H4O3S/c5-2-1-8-4(7)3(2)6/h5-6H,1H2. The van der Waals surface area contributed by atoms with Crippen molar-refractivity contribution in [1.82, 2.24) is 0 Å². The quantitative estimate of drug-likeness (QED) is 0.506. The van der Waals surface area contributed by atoms with Gasteiger partial charge in [0.05, 0.1) is 5.75 Å². The molecule has 4 heteroatoms. The fraction of sp³-hybridized carbons (Fsp3) is 0.250. The summed E-state index contributed by atoms with van der Waals surface area (Å²) in [5, 5.41) is 16.6. The predicted molar refractivity (Wildman–Crippen MR) is 29.7 cm³/mol. The lowest BCUT2D eigenvalue weighted by molar-refractivity contribution is -0.110. The number of rotatable bonds is 0. The Bertz CT molecular complexity index is 161. The molecule has 0 spiro atoms. The average molecular weight is 132 g/mol. The van der Waals surface area contributed by atoms with Crippen LogP contribution in [0.5, 0.6) is 0 Å². The second-order valence-electron chi connectivity index (χ2n) is 1.37. The molecule has 44 valence electrons. The average Bonchev–Trinajstić information content (AvgIpc) is 1.98. The molecule has 0 aromatic heterocycles. The number of aliphatic hydroxyl groups is 2. The van der Waals surface area contributed by atoms with Crippen LogP contribution in [0.4, 0.5) is 0 Å². The largest absolute Gasteiger partial charge is 0.507 e. The summed E-state index contributed by atoms with van der Waals surface area (Å²) in [6.07, 6.45) is 0. The molecule has 1 rings (SSSR count). The van der Waals surface area contributed by atoms with Crippen molar-refractivity contribution in [3.63, 3.8) is 0 Å². The highest BCUT2D eigenvalue weighted by molar-refractivity contribution is 8.14.